The summed E-state index contributed by atoms with van der Waals surface area (Å²) >= 11 is 0. The zero-order valence-electron chi connectivity index (χ0n) is 15.6. The van der Waals surface area contributed by atoms with E-state index in [1.165, 1.54) is 19.3 Å². The molecule has 0 radical (unpaired) electrons. The first kappa shape index (κ1) is 19.1. The number of hydrogen-bond donors (Lipinski definition) is 2. The number of ether oxygens (including phenoxy) is 2. The van der Waals surface area contributed by atoms with Crippen molar-refractivity contribution < 1.29 is 9.47 Å². The number of nitrogen functional groups attached to an aromatic ring is 1. The lowest BCUT2D eigenvalue weighted by Crippen LogP contribution is -2.21. The lowest BCUT2D eigenvalue weighted by molar-refractivity contribution is 0.356. The van der Waals surface area contributed by atoms with Crippen molar-refractivity contribution in [2.24, 2.45) is 0 Å². The molecule has 0 atom stereocenters. The number of aromatic nitrogens is 2. The summed E-state index contributed by atoms with van der Waals surface area (Å²) in [7, 11) is 7.18. The predicted octanol–water partition coefficient (Wildman–Crippen LogP) is 2.45. The van der Waals surface area contributed by atoms with E-state index in [9.17, 15) is 0 Å². The quantitative estimate of drug-likeness (QED) is 0.638. The molecule has 1 aromatic heterocycles. The Balaban J connectivity index is 2.10. The molecule has 2 aromatic rings. The van der Waals surface area contributed by atoms with Crippen LogP contribution >= 0.6 is 0 Å². The van der Waals surface area contributed by atoms with Gasteiger partial charge >= 0.3 is 0 Å². The highest BCUT2D eigenvalue weighted by Crippen LogP contribution is 2.33. The van der Waals surface area contributed by atoms with Crippen molar-refractivity contribution in [2.75, 3.05) is 52.0 Å². The van der Waals surface area contributed by atoms with E-state index in [2.05, 4.69) is 15.3 Å². The fourth-order valence-corrected chi connectivity index (χ4v) is 2.74. The minimum Gasteiger partial charge on any atom is -0.493 e. The first-order valence-corrected chi connectivity index (χ1v) is 8.65. The Hall–Kier alpha value is -2.28. The molecule has 7 nitrogen and oxygen atoms in total. The van der Waals surface area contributed by atoms with Gasteiger partial charge in [0.15, 0.2) is 11.5 Å². The van der Waals surface area contributed by atoms with Crippen LogP contribution in [0.25, 0.3) is 10.9 Å². The van der Waals surface area contributed by atoms with Crippen molar-refractivity contribution in [3.8, 4) is 11.5 Å². The lowest BCUT2D eigenvalue weighted by Gasteiger charge is -2.18. The Bertz CT molecular complexity index is 693. The van der Waals surface area contributed by atoms with Crippen LogP contribution in [0.4, 0.5) is 11.8 Å². The number of nitrogens with one attached hydrogen (secondary N) is 1. The smallest absolute Gasteiger partial charge is 0.227 e. The molecular formula is C18H29N5O2. The summed E-state index contributed by atoms with van der Waals surface area (Å²) in [6, 6.07) is 3.65. The summed E-state index contributed by atoms with van der Waals surface area (Å²) in [4.78, 5) is 11.1. The van der Waals surface area contributed by atoms with Gasteiger partial charge in [-0.3, -0.25) is 0 Å². The molecule has 1 aromatic carbocycles. The van der Waals surface area contributed by atoms with Crippen molar-refractivity contribution >= 4 is 22.7 Å². The van der Waals surface area contributed by atoms with E-state index in [0.29, 0.717) is 23.3 Å². The Labute approximate surface area is 149 Å². The van der Waals surface area contributed by atoms with Crippen LogP contribution in [0, 0.1) is 0 Å². The average molecular weight is 347 g/mol. The predicted molar refractivity (Wildman–Crippen MR) is 103 cm³/mol. The largest absolute Gasteiger partial charge is 0.493 e. The molecule has 25 heavy (non-hydrogen) atoms. The maximum absolute atomic E-state index is 6.14. The number of anilines is 2. The first-order valence-electron chi connectivity index (χ1n) is 8.65. The molecule has 0 spiro atoms. The first-order chi connectivity index (χ1) is 12.1. The number of nitrogens with two attached hydrogens (primary N) is 1. The summed E-state index contributed by atoms with van der Waals surface area (Å²) in [5, 5.41) is 3.94. The monoisotopic (exact) mass is 347 g/mol. The van der Waals surface area contributed by atoms with Gasteiger partial charge in [0.25, 0.3) is 0 Å². The maximum Gasteiger partial charge on any atom is 0.227 e. The lowest BCUT2D eigenvalue weighted by atomic mass is 10.2. The van der Waals surface area contributed by atoms with Gasteiger partial charge in [-0.25, -0.2) is 4.98 Å². The molecular weight excluding hydrogens is 318 g/mol. The SMILES string of the molecule is CNCCCCCCN(C)c1nc(N)c2cc(OC)c(OC)cc2n1. The van der Waals surface area contributed by atoms with E-state index in [-0.39, 0.29) is 0 Å². The molecule has 0 aliphatic carbocycles. The molecule has 0 fully saturated rings. The van der Waals surface area contributed by atoms with E-state index in [1.807, 2.05) is 31.1 Å². The maximum atomic E-state index is 6.14. The van der Waals surface area contributed by atoms with Crippen molar-refractivity contribution in [2.45, 2.75) is 25.7 Å². The highest BCUT2D eigenvalue weighted by molar-refractivity contribution is 5.91. The number of fused-ring (bicyclic) bond motifs is 1. The number of methoxy groups -OCH3 is 2. The number of rotatable bonds is 10. The molecule has 3 N–H and O–H groups in total. The van der Waals surface area contributed by atoms with Gasteiger partial charge in [0.2, 0.25) is 5.95 Å². The Morgan fingerprint density at radius 2 is 1.72 bits per heavy atom. The van der Waals surface area contributed by atoms with Crippen LogP contribution in [0.1, 0.15) is 25.7 Å². The number of hydrogen-bond acceptors (Lipinski definition) is 7. The molecule has 0 saturated carbocycles. The third kappa shape index (κ3) is 4.85. The Kier molecular flexibility index (Phi) is 7.06. The molecule has 7 heteroatoms. The number of nitrogens with zero attached hydrogens (tertiary/aromatic N) is 3. The van der Waals surface area contributed by atoms with Crippen LogP contribution in [0.5, 0.6) is 11.5 Å². The molecule has 0 saturated heterocycles. The minimum atomic E-state index is 0.446. The summed E-state index contributed by atoms with van der Waals surface area (Å²) in [6.45, 7) is 1.98. The second-order valence-electron chi connectivity index (χ2n) is 6.07. The van der Waals surface area contributed by atoms with Crippen LogP contribution in [0.3, 0.4) is 0 Å². The summed E-state index contributed by atoms with van der Waals surface area (Å²) < 4.78 is 10.7. The van der Waals surface area contributed by atoms with E-state index in [1.54, 1.807) is 14.2 Å². The molecule has 2 rings (SSSR count). The minimum absolute atomic E-state index is 0.446. The topological polar surface area (TPSA) is 85.5 Å². The van der Waals surface area contributed by atoms with Crippen LogP contribution in [0.2, 0.25) is 0 Å². The fraction of sp³-hybridized carbons (Fsp3) is 0.556. The van der Waals surface area contributed by atoms with E-state index >= 15 is 0 Å². The number of benzene rings is 1. The van der Waals surface area contributed by atoms with Crippen LogP contribution in [0.15, 0.2) is 12.1 Å². The molecule has 1 heterocycles. The third-order valence-corrected chi connectivity index (χ3v) is 4.23. The van der Waals surface area contributed by atoms with Crippen LogP contribution in [-0.2, 0) is 0 Å². The summed E-state index contributed by atoms with van der Waals surface area (Å²) in [5.41, 5.74) is 6.89. The average Bonchev–Trinajstić information content (AvgIpc) is 2.63. The van der Waals surface area contributed by atoms with E-state index < -0.39 is 0 Å². The third-order valence-electron chi connectivity index (χ3n) is 4.23. The summed E-state index contributed by atoms with van der Waals surface area (Å²) in [5.74, 6) is 2.33. The zero-order chi connectivity index (χ0) is 18.2. The van der Waals surface area contributed by atoms with Crippen molar-refractivity contribution in [3.63, 3.8) is 0 Å². The zero-order valence-corrected chi connectivity index (χ0v) is 15.6. The Morgan fingerprint density at radius 1 is 1.04 bits per heavy atom. The van der Waals surface area contributed by atoms with Crippen LogP contribution < -0.4 is 25.4 Å². The highest BCUT2D eigenvalue weighted by atomic mass is 16.5. The molecule has 138 valence electrons. The van der Waals surface area contributed by atoms with Gasteiger partial charge in [0.1, 0.15) is 5.82 Å². The standard InChI is InChI=1S/C18H29N5O2/c1-20-9-7-5-6-8-10-23(2)18-21-14-12-16(25-4)15(24-3)11-13(14)17(19)22-18/h11-12,20H,5-10H2,1-4H3,(H2,19,21,22). The van der Waals surface area contributed by atoms with Crippen molar-refractivity contribution in [1.82, 2.24) is 15.3 Å². The second kappa shape index (κ2) is 9.27. The van der Waals surface area contributed by atoms with Gasteiger partial charge in [-0.15, -0.1) is 0 Å². The molecule has 0 aliphatic heterocycles. The van der Waals surface area contributed by atoms with Gasteiger partial charge < -0.3 is 25.4 Å². The van der Waals surface area contributed by atoms with Gasteiger partial charge in [0.05, 0.1) is 19.7 Å². The van der Waals surface area contributed by atoms with E-state index in [4.69, 9.17) is 15.2 Å². The normalized spacial score (nSPS) is 10.9. The molecule has 0 bridgehead atoms. The highest BCUT2D eigenvalue weighted by Gasteiger charge is 2.13. The van der Waals surface area contributed by atoms with E-state index in [0.717, 1.165) is 30.4 Å². The van der Waals surface area contributed by atoms with Gasteiger partial charge in [-0.1, -0.05) is 12.8 Å². The Morgan fingerprint density at radius 3 is 2.40 bits per heavy atom. The van der Waals surface area contributed by atoms with Gasteiger partial charge in [0, 0.05) is 25.0 Å². The molecule has 0 amide bonds. The molecule has 0 aliphatic rings. The van der Waals surface area contributed by atoms with Crippen molar-refractivity contribution in [1.29, 1.82) is 0 Å². The van der Waals surface area contributed by atoms with Crippen molar-refractivity contribution in [3.05, 3.63) is 12.1 Å². The summed E-state index contributed by atoms with van der Waals surface area (Å²) in [6.07, 6.45) is 4.74. The fourth-order valence-electron chi connectivity index (χ4n) is 2.74. The number of unbranched alkanes of at least 4 members (excludes halogenated alkanes) is 3. The van der Waals surface area contributed by atoms with Gasteiger partial charge in [-0.05, 0) is 32.5 Å². The second-order valence-corrected chi connectivity index (χ2v) is 6.07. The van der Waals surface area contributed by atoms with Gasteiger partial charge in [-0.2, -0.15) is 4.98 Å². The van der Waals surface area contributed by atoms with Crippen LogP contribution in [-0.4, -0.2) is 51.4 Å². The molecule has 0 unspecified atom stereocenters.